The smallest absolute Gasteiger partial charge is 0.168 e. The van der Waals surface area contributed by atoms with Crippen molar-refractivity contribution in [1.29, 1.82) is 0 Å². The highest BCUT2D eigenvalue weighted by Crippen LogP contribution is 2.21. The van der Waals surface area contributed by atoms with Crippen molar-refractivity contribution in [1.82, 2.24) is 0 Å². The maximum absolute atomic E-state index is 12.0. The number of aryl methyl sites for hydroxylation is 1. The van der Waals surface area contributed by atoms with Crippen molar-refractivity contribution in [3.8, 4) is 0 Å². The first-order valence-electron chi connectivity index (χ1n) is 4.99. The minimum atomic E-state index is 0.186. The highest BCUT2D eigenvalue weighted by atomic mass is 79.9. The third-order valence-corrected chi connectivity index (χ3v) is 4.09. The lowest BCUT2D eigenvalue weighted by Gasteiger charge is -2.03. The van der Waals surface area contributed by atoms with Crippen LogP contribution in [0.5, 0.6) is 0 Å². The molecule has 2 aromatic rings. The SMILES string of the molecule is Cc1sccc1C(=O)Cc1ccccc1Br. The van der Waals surface area contributed by atoms with Gasteiger partial charge < -0.3 is 0 Å². The number of carbonyl (C=O) groups is 1. The molecule has 0 radical (unpaired) electrons. The van der Waals surface area contributed by atoms with Crippen molar-refractivity contribution in [2.75, 3.05) is 0 Å². The summed E-state index contributed by atoms with van der Waals surface area (Å²) in [5, 5.41) is 1.96. The summed E-state index contributed by atoms with van der Waals surface area (Å²) in [6.07, 6.45) is 0.457. The van der Waals surface area contributed by atoms with Crippen LogP contribution in [0.2, 0.25) is 0 Å². The number of Topliss-reactive ketones (excluding diaryl/α,β-unsaturated/α-hetero) is 1. The molecule has 3 heteroatoms. The lowest BCUT2D eigenvalue weighted by Crippen LogP contribution is -2.03. The molecule has 2 rings (SSSR count). The third kappa shape index (κ3) is 2.42. The first kappa shape index (κ1) is 11.6. The monoisotopic (exact) mass is 294 g/mol. The second-order valence-corrected chi connectivity index (χ2v) is 5.56. The van der Waals surface area contributed by atoms with Crippen molar-refractivity contribution in [3.05, 3.63) is 56.2 Å². The molecular weight excluding hydrogens is 284 g/mol. The minimum Gasteiger partial charge on any atom is -0.294 e. The van der Waals surface area contributed by atoms with Crippen LogP contribution < -0.4 is 0 Å². The Morgan fingerprint density at radius 1 is 1.31 bits per heavy atom. The molecule has 1 heterocycles. The number of benzene rings is 1. The molecule has 0 saturated heterocycles. The number of thiophene rings is 1. The van der Waals surface area contributed by atoms with Gasteiger partial charge in [0.2, 0.25) is 0 Å². The van der Waals surface area contributed by atoms with Gasteiger partial charge in [0.1, 0.15) is 0 Å². The Hall–Kier alpha value is -0.930. The van der Waals surface area contributed by atoms with Crippen LogP contribution >= 0.6 is 27.3 Å². The quantitative estimate of drug-likeness (QED) is 0.774. The fourth-order valence-corrected chi connectivity index (χ4v) is 2.73. The average molecular weight is 295 g/mol. The van der Waals surface area contributed by atoms with E-state index in [1.807, 2.05) is 42.6 Å². The average Bonchev–Trinajstić information content (AvgIpc) is 2.68. The normalized spacial score (nSPS) is 10.4. The summed E-state index contributed by atoms with van der Waals surface area (Å²) in [6.45, 7) is 1.98. The van der Waals surface area contributed by atoms with Crippen LogP contribution in [0.1, 0.15) is 20.8 Å². The zero-order valence-corrected chi connectivity index (χ0v) is 11.3. The Labute approximate surface area is 107 Å². The molecule has 1 nitrogen and oxygen atoms in total. The highest BCUT2D eigenvalue weighted by Gasteiger charge is 2.11. The number of rotatable bonds is 3. The van der Waals surface area contributed by atoms with Crippen molar-refractivity contribution in [2.24, 2.45) is 0 Å². The molecule has 0 atom stereocenters. The van der Waals surface area contributed by atoms with E-state index in [4.69, 9.17) is 0 Å². The van der Waals surface area contributed by atoms with Crippen LogP contribution in [0.25, 0.3) is 0 Å². The van der Waals surface area contributed by atoms with E-state index in [2.05, 4.69) is 15.9 Å². The molecule has 0 unspecified atom stereocenters. The van der Waals surface area contributed by atoms with Crippen LogP contribution in [-0.4, -0.2) is 5.78 Å². The van der Waals surface area contributed by atoms with E-state index in [0.717, 1.165) is 20.5 Å². The fourth-order valence-electron chi connectivity index (χ4n) is 1.58. The van der Waals surface area contributed by atoms with Gasteiger partial charge in [0.25, 0.3) is 0 Å². The Kier molecular flexibility index (Phi) is 3.56. The summed E-state index contributed by atoms with van der Waals surface area (Å²) in [5.74, 6) is 0.186. The van der Waals surface area contributed by atoms with E-state index in [0.29, 0.717) is 6.42 Å². The third-order valence-electron chi connectivity index (χ3n) is 2.47. The zero-order valence-electron chi connectivity index (χ0n) is 8.87. The second-order valence-electron chi connectivity index (χ2n) is 3.58. The Balaban J connectivity index is 2.21. The second kappa shape index (κ2) is 4.93. The predicted octanol–water partition coefficient (Wildman–Crippen LogP) is 4.24. The van der Waals surface area contributed by atoms with E-state index >= 15 is 0 Å². The van der Waals surface area contributed by atoms with Gasteiger partial charge >= 0.3 is 0 Å². The first-order valence-corrected chi connectivity index (χ1v) is 6.66. The molecule has 0 N–H and O–H groups in total. The summed E-state index contributed by atoms with van der Waals surface area (Å²) in [6, 6.07) is 9.74. The molecule has 0 spiro atoms. The van der Waals surface area contributed by atoms with Gasteiger partial charge in [0.05, 0.1) is 0 Å². The van der Waals surface area contributed by atoms with Crippen molar-refractivity contribution in [3.63, 3.8) is 0 Å². The van der Waals surface area contributed by atoms with Crippen LogP contribution in [-0.2, 0) is 6.42 Å². The van der Waals surface area contributed by atoms with Gasteiger partial charge in [-0.1, -0.05) is 34.1 Å². The summed E-state index contributed by atoms with van der Waals surface area (Å²) < 4.78 is 0.997. The van der Waals surface area contributed by atoms with Crippen molar-refractivity contribution < 1.29 is 4.79 Å². The van der Waals surface area contributed by atoms with E-state index in [-0.39, 0.29) is 5.78 Å². The largest absolute Gasteiger partial charge is 0.294 e. The van der Waals surface area contributed by atoms with Gasteiger partial charge in [0.15, 0.2) is 5.78 Å². The van der Waals surface area contributed by atoms with Gasteiger partial charge in [-0.2, -0.15) is 0 Å². The Morgan fingerprint density at radius 2 is 2.06 bits per heavy atom. The summed E-state index contributed by atoms with van der Waals surface area (Å²) in [5.41, 5.74) is 1.89. The van der Waals surface area contributed by atoms with Crippen LogP contribution in [0.3, 0.4) is 0 Å². The molecular formula is C13H11BrOS. The van der Waals surface area contributed by atoms with E-state index in [1.165, 1.54) is 0 Å². The van der Waals surface area contributed by atoms with Gasteiger partial charge in [-0.15, -0.1) is 11.3 Å². The molecule has 0 fully saturated rings. The predicted molar refractivity (Wildman–Crippen MR) is 71.2 cm³/mol. The minimum absolute atomic E-state index is 0.186. The van der Waals surface area contributed by atoms with Gasteiger partial charge in [-0.05, 0) is 30.0 Å². The van der Waals surface area contributed by atoms with E-state index in [9.17, 15) is 4.79 Å². The standard InChI is InChI=1S/C13H11BrOS/c1-9-11(6-7-16-9)13(15)8-10-4-2-3-5-12(10)14/h2-7H,8H2,1H3. The van der Waals surface area contributed by atoms with Crippen molar-refractivity contribution in [2.45, 2.75) is 13.3 Å². The Bertz CT molecular complexity index is 516. The van der Waals surface area contributed by atoms with Gasteiger partial charge in [0, 0.05) is 21.3 Å². The van der Waals surface area contributed by atoms with Crippen LogP contribution in [0.4, 0.5) is 0 Å². The van der Waals surface area contributed by atoms with E-state index < -0.39 is 0 Å². The molecule has 82 valence electrons. The number of ketones is 1. The molecule has 0 aliphatic rings. The lowest BCUT2D eigenvalue weighted by molar-refractivity contribution is 0.0993. The Morgan fingerprint density at radius 3 is 2.69 bits per heavy atom. The highest BCUT2D eigenvalue weighted by molar-refractivity contribution is 9.10. The summed E-state index contributed by atoms with van der Waals surface area (Å²) in [4.78, 5) is 13.1. The van der Waals surface area contributed by atoms with Gasteiger partial charge in [-0.25, -0.2) is 0 Å². The number of hydrogen-bond donors (Lipinski definition) is 0. The van der Waals surface area contributed by atoms with Crippen LogP contribution in [0.15, 0.2) is 40.2 Å². The number of halogens is 1. The van der Waals surface area contributed by atoms with Gasteiger partial charge in [-0.3, -0.25) is 4.79 Å². The molecule has 0 aliphatic heterocycles. The van der Waals surface area contributed by atoms with Crippen molar-refractivity contribution >= 4 is 33.0 Å². The number of hydrogen-bond acceptors (Lipinski definition) is 2. The summed E-state index contributed by atoms with van der Waals surface area (Å²) >= 11 is 5.07. The maximum Gasteiger partial charge on any atom is 0.168 e. The molecule has 16 heavy (non-hydrogen) atoms. The molecule has 0 aliphatic carbocycles. The molecule has 1 aromatic heterocycles. The molecule has 0 amide bonds. The fraction of sp³-hybridized carbons (Fsp3) is 0.154. The molecule has 0 saturated carbocycles. The maximum atomic E-state index is 12.0. The first-order chi connectivity index (χ1) is 7.68. The zero-order chi connectivity index (χ0) is 11.5. The molecule has 1 aromatic carbocycles. The topological polar surface area (TPSA) is 17.1 Å². The summed E-state index contributed by atoms with van der Waals surface area (Å²) in [7, 11) is 0. The van der Waals surface area contributed by atoms with E-state index in [1.54, 1.807) is 11.3 Å². The lowest BCUT2D eigenvalue weighted by atomic mass is 10.0. The van der Waals surface area contributed by atoms with Crippen LogP contribution in [0, 0.1) is 6.92 Å². The number of carbonyl (C=O) groups excluding carboxylic acids is 1. The molecule has 0 bridgehead atoms.